The maximum absolute atomic E-state index is 13.1. The summed E-state index contributed by atoms with van der Waals surface area (Å²) < 4.78 is 3.39. The number of anilines is 1. The van der Waals surface area contributed by atoms with Crippen molar-refractivity contribution in [3.63, 3.8) is 0 Å². The topological polar surface area (TPSA) is 64.7 Å². The Kier molecular flexibility index (Phi) is 3.73. The highest BCUT2D eigenvalue weighted by Crippen LogP contribution is 2.29. The molecule has 0 spiro atoms. The number of hydrogen-bond acceptors (Lipinski definition) is 5. The first-order valence-corrected chi connectivity index (χ1v) is 9.05. The van der Waals surface area contributed by atoms with Crippen molar-refractivity contribution in [2.45, 2.75) is 4.90 Å². The predicted octanol–water partition coefficient (Wildman–Crippen LogP) is 3.04. The number of rotatable bonds is 3. The zero-order chi connectivity index (χ0) is 17.6. The van der Waals surface area contributed by atoms with E-state index in [4.69, 9.17) is 0 Å². The summed E-state index contributed by atoms with van der Waals surface area (Å²) in [4.78, 5) is 23.3. The van der Waals surface area contributed by atoms with Crippen molar-refractivity contribution in [3.8, 4) is 5.69 Å². The third-order valence-electron chi connectivity index (χ3n) is 4.39. The van der Waals surface area contributed by atoms with Crippen molar-refractivity contribution in [2.75, 3.05) is 18.6 Å². The highest BCUT2D eigenvalue weighted by atomic mass is 32.2. The van der Waals surface area contributed by atoms with E-state index in [1.54, 1.807) is 28.9 Å². The lowest BCUT2D eigenvalue weighted by Crippen LogP contribution is -2.20. The summed E-state index contributed by atoms with van der Waals surface area (Å²) in [6.07, 6.45) is 5.34. The number of fused-ring (bicyclic) bond motifs is 3. The van der Waals surface area contributed by atoms with Crippen LogP contribution in [0, 0.1) is 0 Å². The Morgan fingerprint density at radius 1 is 1.12 bits per heavy atom. The van der Waals surface area contributed by atoms with E-state index >= 15 is 0 Å². The normalized spacial score (nSPS) is 11.3. The van der Waals surface area contributed by atoms with E-state index in [1.807, 2.05) is 55.3 Å². The van der Waals surface area contributed by atoms with Gasteiger partial charge in [-0.15, -0.1) is 11.8 Å². The molecule has 1 N–H and O–H groups in total. The van der Waals surface area contributed by atoms with Gasteiger partial charge in [-0.25, -0.2) is 9.97 Å². The van der Waals surface area contributed by atoms with Gasteiger partial charge in [-0.2, -0.15) is 0 Å². The number of aromatic nitrogens is 4. The first-order chi connectivity index (χ1) is 12.2. The van der Waals surface area contributed by atoms with Crippen LogP contribution >= 0.6 is 11.8 Å². The molecule has 0 amide bonds. The van der Waals surface area contributed by atoms with Gasteiger partial charge in [0, 0.05) is 30.9 Å². The third-order valence-corrected chi connectivity index (χ3v) is 5.13. The number of nitrogens with one attached hydrogen (secondary N) is 1. The maximum Gasteiger partial charge on any atom is 0.282 e. The van der Waals surface area contributed by atoms with Crippen LogP contribution in [0.25, 0.3) is 27.8 Å². The molecule has 6 nitrogen and oxygen atoms in total. The molecule has 0 bridgehead atoms. The molecule has 3 heterocycles. The highest BCUT2D eigenvalue weighted by Gasteiger charge is 2.18. The lowest BCUT2D eigenvalue weighted by Gasteiger charge is -2.06. The summed E-state index contributed by atoms with van der Waals surface area (Å²) >= 11 is 1.67. The van der Waals surface area contributed by atoms with Crippen LogP contribution in [-0.2, 0) is 7.05 Å². The Hall–Kier alpha value is -2.80. The number of thioether (sulfide) groups is 1. The zero-order valence-corrected chi connectivity index (χ0v) is 15.0. The number of pyridine rings is 1. The Labute approximate surface area is 148 Å². The Morgan fingerprint density at radius 3 is 2.56 bits per heavy atom. The Balaban J connectivity index is 2.04. The van der Waals surface area contributed by atoms with Crippen molar-refractivity contribution in [1.29, 1.82) is 0 Å². The molecular weight excluding hydrogens is 334 g/mol. The van der Waals surface area contributed by atoms with Crippen LogP contribution in [0.15, 0.2) is 52.5 Å². The Bertz CT molecular complexity index is 1140. The van der Waals surface area contributed by atoms with Crippen molar-refractivity contribution in [3.05, 3.63) is 53.2 Å². The van der Waals surface area contributed by atoms with Crippen molar-refractivity contribution < 1.29 is 0 Å². The monoisotopic (exact) mass is 351 g/mol. The van der Waals surface area contributed by atoms with Crippen LogP contribution in [0.2, 0.25) is 0 Å². The van der Waals surface area contributed by atoms with Crippen LogP contribution in [0.4, 0.5) is 5.69 Å². The van der Waals surface area contributed by atoms with Gasteiger partial charge in [0.15, 0.2) is 0 Å². The number of hydrogen-bond donors (Lipinski definition) is 1. The molecule has 3 aromatic heterocycles. The molecule has 0 unspecified atom stereocenters. The highest BCUT2D eigenvalue weighted by molar-refractivity contribution is 7.98. The van der Waals surface area contributed by atoms with Gasteiger partial charge in [0.1, 0.15) is 23.0 Å². The molecule has 126 valence electrons. The van der Waals surface area contributed by atoms with Crippen LogP contribution < -0.4 is 10.9 Å². The lowest BCUT2D eigenvalue weighted by molar-refractivity contribution is 0.919. The number of aryl methyl sites for hydroxylation is 1. The molecule has 0 fully saturated rings. The third kappa shape index (κ3) is 2.31. The quantitative estimate of drug-likeness (QED) is 0.575. The van der Waals surface area contributed by atoms with Gasteiger partial charge in [-0.1, -0.05) is 0 Å². The molecule has 0 saturated heterocycles. The molecular formula is C18H17N5OS. The number of benzene rings is 1. The predicted molar refractivity (Wildman–Crippen MR) is 103 cm³/mol. The van der Waals surface area contributed by atoms with Gasteiger partial charge in [0.25, 0.3) is 5.56 Å². The first-order valence-electron chi connectivity index (χ1n) is 7.82. The van der Waals surface area contributed by atoms with Crippen LogP contribution in [0.1, 0.15) is 0 Å². The van der Waals surface area contributed by atoms with E-state index in [1.165, 1.54) is 0 Å². The molecule has 7 heteroatoms. The van der Waals surface area contributed by atoms with Crippen molar-refractivity contribution >= 4 is 39.5 Å². The molecule has 1 aromatic carbocycles. The van der Waals surface area contributed by atoms with E-state index in [-0.39, 0.29) is 5.56 Å². The smallest absolute Gasteiger partial charge is 0.282 e. The summed E-state index contributed by atoms with van der Waals surface area (Å²) in [5.74, 6) is 0. The summed E-state index contributed by atoms with van der Waals surface area (Å²) in [5, 5.41) is 4.01. The summed E-state index contributed by atoms with van der Waals surface area (Å²) in [6.45, 7) is 0. The number of nitrogens with zero attached hydrogens (tertiary/aromatic N) is 4. The fraction of sp³-hybridized carbons (Fsp3) is 0.167. The molecule has 0 radical (unpaired) electrons. The standard InChI is InChI=1S/C18H17N5OS/c1-19-13-8-9-20-17-14(13)15-16(22(17)2)18(24)23(10-21-15)11-4-6-12(25-3)7-5-11/h4-10H,1-3H3,(H,19,20). The second kappa shape index (κ2) is 5.93. The Morgan fingerprint density at radius 2 is 1.88 bits per heavy atom. The molecule has 0 aliphatic heterocycles. The van der Waals surface area contributed by atoms with Gasteiger partial charge in [0.2, 0.25) is 0 Å². The fourth-order valence-electron chi connectivity index (χ4n) is 3.11. The average molecular weight is 351 g/mol. The van der Waals surface area contributed by atoms with Gasteiger partial charge >= 0.3 is 0 Å². The van der Waals surface area contributed by atoms with E-state index in [0.717, 1.165) is 27.3 Å². The second-order valence-corrected chi connectivity index (χ2v) is 6.56. The average Bonchev–Trinajstić information content (AvgIpc) is 2.95. The van der Waals surface area contributed by atoms with Crippen LogP contribution in [0.5, 0.6) is 0 Å². The molecule has 0 atom stereocenters. The summed E-state index contributed by atoms with van der Waals surface area (Å²) in [5.41, 5.74) is 3.54. The minimum absolute atomic E-state index is 0.107. The van der Waals surface area contributed by atoms with E-state index in [2.05, 4.69) is 15.3 Å². The van der Waals surface area contributed by atoms with Gasteiger partial charge in [-0.3, -0.25) is 9.36 Å². The van der Waals surface area contributed by atoms with Crippen molar-refractivity contribution in [1.82, 2.24) is 19.1 Å². The zero-order valence-electron chi connectivity index (χ0n) is 14.1. The maximum atomic E-state index is 13.1. The minimum atomic E-state index is -0.107. The first kappa shape index (κ1) is 15.7. The summed E-state index contributed by atoms with van der Waals surface area (Å²) in [7, 11) is 3.70. The molecule has 4 rings (SSSR count). The largest absolute Gasteiger partial charge is 0.387 e. The SMILES string of the molecule is CNc1ccnc2c1c1ncn(-c3ccc(SC)cc3)c(=O)c1n2C. The minimum Gasteiger partial charge on any atom is -0.387 e. The van der Waals surface area contributed by atoms with Crippen molar-refractivity contribution in [2.24, 2.45) is 7.05 Å². The van der Waals surface area contributed by atoms with Crippen LogP contribution in [0.3, 0.4) is 0 Å². The molecule has 0 aliphatic rings. The molecule has 25 heavy (non-hydrogen) atoms. The van der Waals surface area contributed by atoms with E-state index in [0.29, 0.717) is 11.0 Å². The molecule has 4 aromatic rings. The molecule has 0 aliphatic carbocycles. The van der Waals surface area contributed by atoms with Gasteiger partial charge < -0.3 is 9.88 Å². The lowest BCUT2D eigenvalue weighted by atomic mass is 10.2. The second-order valence-electron chi connectivity index (χ2n) is 5.68. The van der Waals surface area contributed by atoms with Crippen LogP contribution in [-0.4, -0.2) is 32.4 Å². The summed E-state index contributed by atoms with van der Waals surface area (Å²) in [6, 6.07) is 9.75. The van der Waals surface area contributed by atoms with Gasteiger partial charge in [0.05, 0.1) is 11.1 Å². The van der Waals surface area contributed by atoms with Gasteiger partial charge in [-0.05, 0) is 36.6 Å². The fourth-order valence-corrected chi connectivity index (χ4v) is 3.52. The molecule has 0 saturated carbocycles. The van der Waals surface area contributed by atoms with E-state index < -0.39 is 0 Å². The van der Waals surface area contributed by atoms with E-state index in [9.17, 15) is 4.79 Å².